The zero-order chi connectivity index (χ0) is 18.2. The molecular formula is C21H26N2O3. The third kappa shape index (κ3) is 4.84. The van der Waals surface area contributed by atoms with E-state index in [9.17, 15) is 4.79 Å². The van der Waals surface area contributed by atoms with Crippen molar-refractivity contribution in [2.45, 2.75) is 18.9 Å². The van der Waals surface area contributed by atoms with Gasteiger partial charge >= 0.3 is 6.03 Å². The van der Waals surface area contributed by atoms with E-state index in [1.165, 1.54) is 0 Å². The molecule has 1 aliphatic heterocycles. The molecule has 1 N–H and O–H groups in total. The molecule has 0 aliphatic carbocycles. The molecule has 0 spiro atoms. The van der Waals surface area contributed by atoms with Crippen LogP contribution < -0.4 is 5.32 Å². The Hall–Kier alpha value is -2.37. The fraction of sp³-hybridized carbons (Fsp3) is 0.381. The number of nitrogens with one attached hydrogen (secondary N) is 1. The molecule has 0 bridgehead atoms. The Balaban J connectivity index is 1.74. The predicted molar refractivity (Wildman–Crippen MR) is 103 cm³/mol. The average molecular weight is 354 g/mol. The number of carbonyl (C=O) groups excluding carboxylic acids is 1. The second-order valence-corrected chi connectivity index (χ2v) is 6.42. The first-order valence-corrected chi connectivity index (χ1v) is 9.09. The Morgan fingerprint density at radius 1 is 1.19 bits per heavy atom. The molecule has 138 valence electrons. The minimum atomic E-state index is -0.124. The minimum Gasteiger partial charge on any atom is -0.383 e. The lowest BCUT2D eigenvalue weighted by Crippen LogP contribution is -2.42. The van der Waals surface area contributed by atoms with E-state index in [0.717, 1.165) is 36.3 Å². The van der Waals surface area contributed by atoms with E-state index in [1.54, 1.807) is 12.0 Å². The molecule has 1 atom stereocenters. The molecule has 0 saturated carbocycles. The van der Waals surface area contributed by atoms with Crippen LogP contribution in [0, 0.1) is 0 Å². The zero-order valence-electron chi connectivity index (χ0n) is 15.2. The highest BCUT2D eigenvalue weighted by atomic mass is 16.5. The third-order valence-electron chi connectivity index (χ3n) is 4.55. The van der Waals surface area contributed by atoms with Crippen LogP contribution in [0.15, 0.2) is 54.6 Å². The van der Waals surface area contributed by atoms with Crippen LogP contribution in [0.3, 0.4) is 0 Å². The summed E-state index contributed by atoms with van der Waals surface area (Å²) in [5.74, 6) is 0. The largest absolute Gasteiger partial charge is 0.383 e. The molecule has 5 heteroatoms. The lowest BCUT2D eigenvalue weighted by molar-refractivity contribution is 0.0747. The monoisotopic (exact) mass is 354 g/mol. The van der Waals surface area contributed by atoms with E-state index in [-0.39, 0.29) is 12.1 Å². The highest BCUT2D eigenvalue weighted by Crippen LogP contribution is 2.27. The number of benzene rings is 2. The number of para-hydroxylation sites is 1. The number of amides is 2. The van der Waals surface area contributed by atoms with Crippen LogP contribution in [0.5, 0.6) is 0 Å². The van der Waals surface area contributed by atoms with Gasteiger partial charge in [-0.05, 0) is 24.5 Å². The molecule has 0 aromatic heterocycles. The van der Waals surface area contributed by atoms with Gasteiger partial charge in [-0.1, -0.05) is 48.5 Å². The van der Waals surface area contributed by atoms with Crippen LogP contribution in [0.4, 0.5) is 10.5 Å². The van der Waals surface area contributed by atoms with Gasteiger partial charge in [0.05, 0.1) is 18.4 Å². The highest BCUT2D eigenvalue weighted by molar-refractivity contribution is 5.94. The first-order chi connectivity index (χ1) is 12.8. The van der Waals surface area contributed by atoms with E-state index in [4.69, 9.17) is 9.47 Å². The topological polar surface area (TPSA) is 50.8 Å². The number of hydrogen-bond donors (Lipinski definition) is 1. The Morgan fingerprint density at radius 2 is 1.96 bits per heavy atom. The van der Waals surface area contributed by atoms with Crippen molar-refractivity contribution in [3.05, 3.63) is 54.6 Å². The first-order valence-electron chi connectivity index (χ1n) is 9.09. The van der Waals surface area contributed by atoms with Gasteiger partial charge in [0.1, 0.15) is 0 Å². The van der Waals surface area contributed by atoms with E-state index in [0.29, 0.717) is 19.7 Å². The Bertz CT molecular complexity index is 699. The SMILES string of the molecule is COCCN(CC1CCCO1)C(=O)Nc1ccccc1-c1ccccc1. The number of ether oxygens (including phenoxy) is 2. The van der Waals surface area contributed by atoms with Gasteiger partial charge in [-0.3, -0.25) is 0 Å². The molecule has 2 aromatic carbocycles. The number of methoxy groups -OCH3 is 1. The van der Waals surface area contributed by atoms with Crippen LogP contribution >= 0.6 is 0 Å². The summed E-state index contributed by atoms with van der Waals surface area (Å²) in [6.45, 7) is 2.40. The maximum Gasteiger partial charge on any atom is 0.322 e. The van der Waals surface area contributed by atoms with Crippen LogP contribution in [0.25, 0.3) is 11.1 Å². The summed E-state index contributed by atoms with van der Waals surface area (Å²) in [5.41, 5.74) is 2.88. The molecule has 2 aromatic rings. The van der Waals surface area contributed by atoms with Gasteiger partial charge in [0.15, 0.2) is 0 Å². The van der Waals surface area contributed by atoms with Crippen LogP contribution in [-0.2, 0) is 9.47 Å². The Kier molecular flexibility index (Phi) is 6.63. The van der Waals surface area contributed by atoms with Gasteiger partial charge in [0, 0.05) is 32.4 Å². The standard InChI is InChI=1S/C21H26N2O3/c1-25-15-13-23(16-18-10-7-14-26-18)21(24)22-20-12-6-5-11-19(20)17-8-3-2-4-9-17/h2-6,8-9,11-12,18H,7,10,13-16H2,1H3,(H,22,24). The maximum absolute atomic E-state index is 12.9. The van der Waals surface area contributed by atoms with Crippen molar-refractivity contribution in [2.24, 2.45) is 0 Å². The van der Waals surface area contributed by atoms with Crippen molar-refractivity contribution < 1.29 is 14.3 Å². The highest BCUT2D eigenvalue weighted by Gasteiger charge is 2.23. The minimum absolute atomic E-state index is 0.113. The van der Waals surface area contributed by atoms with Crippen molar-refractivity contribution in [3.8, 4) is 11.1 Å². The number of urea groups is 1. The number of carbonyl (C=O) groups is 1. The molecule has 26 heavy (non-hydrogen) atoms. The lowest BCUT2D eigenvalue weighted by atomic mass is 10.0. The zero-order valence-corrected chi connectivity index (χ0v) is 15.2. The quantitative estimate of drug-likeness (QED) is 0.817. The van der Waals surface area contributed by atoms with Gasteiger partial charge in [-0.25, -0.2) is 4.79 Å². The fourth-order valence-electron chi connectivity index (χ4n) is 3.17. The average Bonchev–Trinajstić information content (AvgIpc) is 3.19. The first kappa shape index (κ1) is 18.4. The predicted octanol–water partition coefficient (Wildman–Crippen LogP) is 4.01. The summed E-state index contributed by atoms with van der Waals surface area (Å²) in [7, 11) is 1.65. The van der Waals surface area contributed by atoms with E-state index in [2.05, 4.69) is 5.32 Å². The molecule has 2 amide bonds. The van der Waals surface area contributed by atoms with E-state index in [1.807, 2.05) is 54.6 Å². The van der Waals surface area contributed by atoms with Crippen molar-refractivity contribution >= 4 is 11.7 Å². The summed E-state index contributed by atoms with van der Waals surface area (Å²) < 4.78 is 10.9. The van der Waals surface area contributed by atoms with Gasteiger partial charge < -0.3 is 19.7 Å². The summed E-state index contributed by atoms with van der Waals surface area (Å²) in [5, 5.41) is 3.07. The number of hydrogen-bond acceptors (Lipinski definition) is 3. The van der Waals surface area contributed by atoms with Gasteiger partial charge in [0.25, 0.3) is 0 Å². The molecule has 5 nitrogen and oxygen atoms in total. The van der Waals surface area contributed by atoms with Gasteiger partial charge in [-0.15, -0.1) is 0 Å². The smallest absolute Gasteiger partial charge is 0.322 e. The summed E-state index contributed by atoms with van der Waals surface area (Å²) in [6.07, 6.45) is 2.17. The molecular weight excluding hydrogens is 328 g/mol. The molecule has 0 radical (unpaired) electrons. The summed E-state index contributed by atoms with van der Waals surface area (Å²) in [4.78, 5) is 14.7. The molecule has 1 heterocycles. The second kappa shape index (κ2) is 9.36. The summed E-state index contributed by atoms with van der Waals surface area (Å²) in [6, 6.07) is 17.8. The lowest BCUT2D eigenvalue weighted by Gasteiger charge is -2.26. The molecule has 1 saturated heterocycles. The van der Waals surface area contributed by atoms with Gasteiger partial charge in [0.2, 0.25) is 0 Å². The summed E-state index contributed by atoms with van der Waals surface area (Å²) >= 11 is 0. The Labute approximate surface area is 154 Å². The molecule has 1 unspecified atom stereocenters. The third-order valence-corrected chi connectivity index (χ3v) is 4.55. The van der Waals surface area contributed by atoms with E-state index < -0.39 is 0 Å². The molecule has 3 rings (SSSR count). The normalized spacial score (nSPS) is 16.4. The fourth-order valence-corrected chi connectivity index (χ4v) is 3.17. The Morgan fingerprint density at radius 3 is 2.69 bits per heavy atom. The van der Waals surface area contributed by atoms with Crippen molar-refractivity contribution in [1.29, 1.82) is 0 Å². The number of nitrogens with zero attached hydrogens (tertiary/aromatic N) is 1. The maximum atomic E-state index is 12.9. The van der Waals surface area contributed by atoms with Gasteiger partial charge in [-0.2, -0.15) is 0 Å². The van der Waals surface area contributed by atoms with Crippen molar-refractivity contribution in [3.63, 3.8) is 0 Å². The van der Waals surface area contributed by atoms with Crippen LogP contribution in [-0.4, -0.2) is 50.4 Å². The molecule has 1 fully saturated rings. The van der Waals surface area contributed by atoms with E-state index >= 15 is 0 Å². The molecule has 1 aliphatic rings. The van der Waals surface area contributed by atoms with Crippen molar-refractivity contribution in [1.82, 2.24) is 4.90 Å². The van der Waals surface area contributed by atoms with Crippen LogP contribution in [0.2, 0.25) is 0 Å². The second-order valence-electron chi connectivity index (χ2n) is 6.42. The van der Waals surface area contributed by atoms with Crippen LogP contribution in [0.1, 0.15) is 12.8 Å². The number of anilines is 1. The van der Waals surface area contributed by atoms with Crippen molar-refractivity contribution in [2.75, 3.05) is 38.7 Å². The number of rotatable bonds is 7.